The first kappa shape index (κ1) is 15.0. The van der Waals surface area contributed by atoms with Crippen LogP contribution in [0.25, 0.3) is 0 Å². The molecule has 102 valence electrons. The fourth-order valence-corrected chi connectivity index (χ4v) is 2.29. The summed E-state index contributed by atoms with van der Waals surface area (Å²) >= 11 is 0. The van der Waals surface area contributed by atoms with Crippen LogP contribution in [0.15, 0.2) is 24.3 Å². The van der Waals surface area contributed by atoms with E-state index in [9.17, 15) is 0 Å². The average Bonchev–Trinajstić information content (AvgIpc) is 2.42. The maximum atomic E-state index is 6.15. The molecule has 0 saturated carbocycles. The fourth-order valence-electron chi connectivity index (χ4n) is 2.29. The second-order valence-electron chi connectivity index (χ2n) is 4.75. The number of likely N-dealkylation sites (N-methyl/N-ethyl adjacent to an activating group) is 1. The van der Waals surface area contributed by atoms with Crippen molar-refractivity contribution in [1.29, 1.82) is 0 Å². The van der Waals surface area contributed by atoms with Crippen LogP contribution in [0.5, 0.6) is 5.75 Å². The number of nitrogens with one attached hydrogen (secondary N) is 1. The zero-order chi connectivity index (χ0) is 13.4. The third-order valence-corrected chi connectivity index (χ3v) is 3.42. The summed E-state index contributed by atoms with van der Waals surface area (Å²) in [6.07, 6.45) is 4.67. The van der Waals surface area contributed by atoms with Gasteiger partial charge in [-0.1, -0.05) is 39.3 Å². The smallest absolute Gasteiger partial charge is 0.120 e. The van der Waals surface area contributed by atoms with Gasteiger partial charge in [0.05, 0.1) is 0 Å². The van der Waals surface area contributed by atoms with Gasteiger partial charge in [0.25, 0.3) is 0 Å². The summed E-state index contributed by atoms with van der Waals surface area (Å²) in [7, 11) is 2.02. The second kappa shape index (κ2) is 8.15. The van der Waals surface area contributed by atoms with Gasteiger partial charge < -0.3 is 10.1 Å². The van der Waals surface area contributed by atoms with Gasteiger partial charge in [-0.3, -0.25) is 0 Å². The van der Waals surface area contributed by atoms with E-state index < -0.39 is 0 Å². The Morgan fingerprint density at radius 3 is 2.56 bits per heavy atom. The summed E-state index contributed by atoms with van der Waals surface area (Å²) in [6, 6.07) is 8.87. The van der Waals surface area contributed by atoms with Crippen molar-refractivity contribution >= 4 is 0 Å². The SMILES string of the molecule is CCCC(NC)C(CC)Oc1cccc(CC)c1. The van der Waals surface area contributed by atoms with Crippen LogP contribution in [-0.4, -0.2) is 19.2 Å². The molecule has 0 aliphatic heterocycles. The van der Waals surface area contributed by atoms with E-state index in [1.165, 1.54) is 12.0 Å². The van der Waals surface area contributed by atoms with Gasteiger partial charge in [0, 0.05) is 6.04 Å². The van der Waals surface area contributed by atoms with Crippen molar-refractivity contribution in [3.63, 3.8) is 0 Å². The van der Waals surface area contributed by atoms with Gasteiger partial charge in [-0.2, -0.15) is 0 Å². The summed E-state index contributed by atoms with van der Waals surface area (Å²) in [5.41, 5.74) is 1.33. The lowest BCUT2D eigenvalue weighted by Gasteiger charge is -2.26. The van der Waals surface area contributed by atoms with Crippen molar-refractivity contribution in [2.45, 2.75) is 58.6 Å². The van der Waals surface area contributed by atoms with Gasteiger partial charge in [0.2, 0.25) is 0 Å². The first-order valence-electron chi connectivity index (χ1n) is 7.17. The molecular weight excluding hydrogens is 222 g/mol. The van der Waals surface area contributed by atoms with Crippen molar-refractivity contribution < 1.29 is 4.74 Å². The molecule has 2 unspecified atom stereocenters. The van der Waals surface area contributed by atoms with Crippen molar-refractivity contribution in [3.8, 4) is 5.75 Å². The van der Waals surface area contributed by atoms with Crippen molar-refractivity contribution in [1.82, 2.24) is 5.32 Å². The Morgan fingerprint density at radius 2 is 2.00 bits per heavy atom. The van der Waals surface area contributed by atoms with Crippen LogP contribution >= 0.6 is 0 Å². The summed E-state index contributed by atoms with van der Waals surface area (Å²) in [5.74, 6) is 0.998. The van der Waals surface area contributed by atoms with Gasteiger partial charge in [-0.05, 0) is 44.0 Å². The minimum absolute atomic E-state index is 0.252. The number of ether oxygens (including phenoxy) is 1. The molecule has 0 radical (unpaired) electrons. The topological polar surface area (TPSA) is 21.3 Å². The Kier molecular flexibility index (Phi) is 6.81. The number of aryl methyl sites for hydroxylation is 1. The Morgan fingerprint density at radius 1 is 1.22 bits per heavy atom. The third kappa shape index (κ3) is 4.34. The molecule has 2 nitrogen and oxygen atoms in total. The molecule has 0 heterocycles. The molecule has 0 amide bonds. The highest BCUT2D eigenvalue weighted by molar-refractivity contribution is 5.28. The van der Waals surface area contributed by atoms with Gasteiger partial charge in [-0.25, -0.2) is 0 Å². The Labute approximate surface area is 112 Å². The lowest BCUT2D eigenvalue weighted by atomic mass is 10.0. The van der Waals surface area contributed by atoms with Crippen LogP contribution in [0.2, 0.25) is 0 Å². The number of rotatable bonds is 8. The first-order valence-corrected chi connectivity index (χ1v) is 7.17. The summed E-state index contributed by atoms with van der Waals surface area (Å²) in [6.45, 7) is 6.58. The lowest BCUT2D eigenvalue weighted by molar-refractivity contribution is 0.146. The zero-order valence-electron chi connectivity index (χ0n) is 12.2. The fraction of sp³-hybridized carbons (Fsp3) is 0.625. The van der Waals surface area contributed by atoms with E-state index in [1.807, 2.05) is 7.05 Å². The Hall–Kier alpha value is -1.02. The summed E-state index contributed by atoms with van der Waals surface area (Å²) in [5, 5.41) is 3.38. The largest absolute Gasteiger partial charge is 0.489 e. The van der Waals surface area contributed by atoms with E-state index in [1.54, 1.807) is 0 Å². The number of hydrogen-bond acceptors (Lipinski definition) is 2. The molecule has 1 aromatic carbocycles. The number of benzene rings is 1. The van der Waals surface area contributed by atoms with Gasteiger partial charge in [-0.15, -0.1) is 0 Å². The predicted octanol–water partition coefficient (Wildman–Crippen LogP) is 3.79. The minimum atomic E-state index is 0.252. The highest BCUT2D eigenvalue weighted by atomic mass is 16.5. The van der Waals surface area contributed by atoms with Crippen molar-refractivity contribution in [2.75, 3.05) is 7.05 Å². The highest BCUT2D eigenvalue weighted by Gasteiger charge is 2.19. The summed E-state index contributed by atoms with van der Waals surface area (Å²) in [4.78, 5) is 0. The van der Waals surface area contributed by atoms with Crippen LogP contribution < -0.4 is 10.1 Å². The van der Waals surface area contributed by atoms with E-state index in [4.69, 9.17) is 4.74 Å². The normalized spacial score (nSPS) is 14.2. The zero-order valence-corrected chi connectivity index (χ0v) is 12.2. The molecule has 0 aliphatic carbocycles. The molecular formula is C16H27NO. The van der Waals surface area contributed by atoms with Gasteiger partial charge in [0.1, 0.15) is 11.9 Å². The maximum Gasteiger partial charge on any atom is 0.120 e. The quantitative estimate of drug-likeness (QED) is 0.756. The molecule has 1 aromatic rings. The van der Waals surface area contributed by atoms with E-state index in [-0.39, 0.29) is 6.10 Å². The van der Waals surface area contributed by atoms with Crippen molar-refractivity contribution in [3.05, 3.63) is 29.8 Å². The molecule has 0 spiro atoms. The van der Waals surface area contributed by atoms with Crippen LogP contribution in [0.3, 0.4) is 0 Å². The van der Waals surface area contributed by atoms with Crippen LogP contribution in [0.1, 0.15) is 45.6 Å². The van der Waals surface area contributed by atoms with Crippen LogP contribution in [0, 0.1) is 0 Å². The van der Waals surface area contributed by atoms with E-state index in [2.05, 4.69) is 50.4 Å². The molecule has 1 N–H and O–H groups in total. The molecule has 0 aromatic heterocycles. The third-order valence-electron chi connectivity index (χ3n) is 3.42. The minimum Gasteiger partial charge on any atom is -0.489 e. The van der Waals surface area contributed by atoms with Crippen molar-refractivity contribution in [2.24, 2.45) is 0 Å². The molecule has 0 aliphatic rings. The first-order chi connectivity index (χ1) is 8.74. The second-order valence-corrected chi connectivity index (χ2v) is 4.75. The van der Waals surface area contributed by atoms with Crippen LogP contribution in [-0.2, 0) is 6.42 Å². The van der Waals surface area contributed by atoms with E-state index >= 15 is 0 Å². The standard InChI is InChI=1S/C16H27NO/c1-5-9-15(17-4)16(7-3)18-14-11-8-10-13(6-2)12-14/h8,10-12,15-17H,5-7,9H2,1-4H3. The molecule has 2 heteroatoms. The molecule has 18 heavy (non-hydrogen) atoms. The molecule has 1 rings (SSSR count). The molecule has 0 bridgehead atoms. The van der Waals surface area contributed by atoms with Crippen LogP contribution in [0.4, 0.5) is 0 Å². The molecule has 2 atom stereocenters. The predicted molar refractivity (Wildman–Crippen MR) is 78.3 cm³/mol. The lowest BCUT2D eigenvalue weighted by Crippen LogP contribution is -2.40. The van der Waals surface area contributed by atoms with E-state index in [0.29, 0.717) is 6.04 Å². The monoisotopic (exact) mass is 249 g/mol. The highest BCUT2D eigenvalue weighted by Crippen LogP contribution is 2.19. The Balaban J connectivity index is 2.71. The molecule has 0 fully saturated rings. The summed E-state index contributed by atoms with van der Waals surface area (Å²) < 4.78 is 6.15. The Bertz CT molecular complexity index is 338. The van der Waals surface area contributed by atoms with E-state index in [0.717, 1.165) is 25.0 Å². The molecule has 0 saturated heterocycles. The number of hydrogen-bond donors (Lipinski definition) is 1. The van der Waals surface area contributed by atoms with Gasteiger partial charge in [0.15, 0.2) is 0 Å². The van der Waals surface area contributed by atoms with Gasteiger partial charge >= 0.3 is 0 Å². The maximum absolute atomic E-state index is 6.15. The average molecular weight is 249 g/mol.